The van der Waals surface area contributed by atoms with Crippen molar-refractivity contribution in [2.24, 2.45) is 5.73 Å². The zero-order valence-corrected chi connectivity index (χ0v) is 12.4. The Kier molecular flexibility index (Phi) is 4.22. The Hall–Kier alpha value is -1.39. The summed E-state index contributed by atoms with van der Waals surface area (Å²) < 4.78 is 19.9. The van der Waals surface area contributed by atoms with Gasteiger partial charge in [0.15, 0.2) is 0 Å². The number of rotatable bonds is 3. The zero-order valence-electron chi connectivity index (χ0n) is 10.8. The quantitative estimate of drug-likeness (QED) is 0.887. The van der Waals surface area contributed by atoms with E-state index in [1.165, 1.54) is 6.07 Å². The fourth-order valence-corrected chi connectivity index (χ4v) is 2.12. The van der Waals surface area contributed by atoms with Gasteiger partial charge in [-0.1, -0.05) is 12.1 Å². The lowest BCUT2D eigenvalue weighted by atomic mass is 10.1. The lowest BCUT2D eigenvalue weighted by Crippen LogP contribution is -2.04. The summed E-state index contributed by atoms with van der Waals surface area (Å²) in [5.41, 5.74) is 7.42. The van der Waals surface area contributed by atoms with E-state index in [0.29, 0.717) is 17.1 Å². The van der Waals surface area contributed by atoms with Crippen LogP contribution in [0.3, 0.4) is 0 Å². The summed E-state index contributed by atoms with van der Waals surface area (Å²) in [6.07, 6.45) is 0. The Labute approximate surface area is 120 Å². The lowest BCUT2D eigenvalue weighted by molar-refractivity contribution is 0.473. The van der Waals surface area contributed by atoms with Crippen LogP contribution in [0.5, 0.6) is 11.5 Å². The minimum Gasteiger partial charge on any atom is -0.456 e. The predicted octanol–water partition coefficient (Wildman–Crippen LogP) is 4.71. The first-order valence-electron chi connectivity index (χ1n) is 5.96. The molecule has 0 saturated heterocycles. The highest BCUT2D eigenvalue weighted by atomic mass is 79.9. The number of benzene rings is 2. The molecule has 0 saturated carbocycles. The second-order valence-electron chi connectivity index (χ2n) is 4.49. The molecule has 2 aromatic carbocycles. The molecule has 2 rings (SSSR count). The number of nitrogens with two attached hydrogens (primary N) is 1. The monoisotopic (exact) mass is 323 g/mol. The summed E-state index contributed by atoms with van der Waals surface area (Å²) in [6.45, 7) is 3.63. The molecule has 4 heteroatoms. The standard InChI is InChI=1S/C15H15BrFNO/c1-9-3-5-12(8-14(9)17)19-15-6-4-11(10(2)18)7-13(15)16/h3-8,10H,18H2,1-2H3. The molecule has 0 spiro atoms. The van der Waals surface area contributed by atoms with Gasteiger partial charge < -0.3 is 10.5 Å². The molecule has 19 heavy (non-hydrogen) atoms. The van der Waals surface area contributed by atoms with Crippen molar-refractivity contribution in [1.82, 2.24) is 0 Å². The van der Waals surface area contributed by atoms with Crippen molar-refractivity contribution in [1.29, 1.82) is 0 Å². The van der Waals surface area contributed by atoms with Gasteiger partial charge in [0.05, 0.1) is 4.47 Å². The molecule has 100 valence electrons. The third-order valence-corrected chi connectivity index (χ3v) is 3.47. The summed E-state index contributed by atoms with van der Waals surface area (Å²) in [5, 5.41) is 0. The van der Waals surface area contributed by atoms with E-state index in [1.807, 2.05) is 25.1 Å². The molecular formula is C15H15BrFNO. The van der Waals surface area contributed by atoms with E-state index >= 15 is 0 Å². The van der Waals surface area contributed by atoms with Gasteiger partial charge in [-0.15, -0.1) is 0 Å². The van der Waals surface area contributed by atoms with E-state index in [2.05, 4.69) is 15.9 Å². The topological polar surface area (TPSA) is 35.2 Å². The second kappa shape index (κ2) is 5.72. The highest BCUT2D eigenvalue weighted by Gasteiger charge is 2.07. The minimum absolute atomic E-state index is 0.0397. The van der Waals surface area contributed by atoms with Crippen LogP contribution in [0.2, 0.25) is 0 Å². The second-order valence-corrected chi connectivity index (χ2v) is 5.35. The Morgan fingerprint density at radius 1 is 1.21 bits per heavy atom. The van der Waals surface area contributed by atoms with Crippen LogP contribution in [-0.4, -0.2) is 0 Å². The van der Waals surface area contributed by atoms with Crippen molar-refractivity contribution in [2.75, 3.05) is 0 Å². The van der Waals surface area contributed by atoms with Gasteiger partial charge in [0.25, 0.3) is 0 Å². The molecule has 2 aromatic rings. The minimum atomic E-state index is -0.277. The van der Waals surface area contributed by atoms with Crippen LogP contribution >= 0.6 is 15.9 Å². The van der Waals surface area contributed by atoms with E-state index in [1.54, 1.807) is 19.1 Å². The Morgan fingerprint density at radius 3 is 2.53 bits per heavy atom. The maximum atomic E-state index is 13.4. The molecule has 2 nitrogen and oxygen atoms in total. The normalized spacial score (nSPS) is 12.3. The Bertz CT molecular complexity index is 599. The molecular weight excluding hydrogens is 309 g/mol. The van der Waals surface area contributed by atoms with Crippen LogP contribution in [0.15, 0.2) is 40.9 Å². The average molecular weight is 324 g/mol. The van der Waals surface area contributed by atoms with E-state index in [-0.39, 0.29) is 11.9 Å². The summed E-state index contributed by atoms with van der Waals surface area (Å²) in [7, 11) is 0. The number of aryl methyl sites for hydroxylation is 1. The van der Waals surface area contributed by atoms with E-state index in [0.717, 1.165) is 10.0 Å². The van der Waals surface area contributed by atoms with Crippen LogP contribution < -0.4 is 10.5 Å². The highest BCUT2D eigenvalue weighted by molar-refractivity contribution is 9.10. The molecule has 1 unspecified atom stereocenters. The maximum Gasteiger partial charge on any atom is 0.141 e. The number of halogens is 2. The summed E-state index contributed by atoms with van der Waals surface area (Å²) in [5.74, 6) is 0.825. The number of hydrogen-bond acceptors (Lipinski definition) is 2. The Balaban J connectivity index is 2.25. The molecule has 1 atom stereocenters. The van der Waals surface area contributed by atoms with Crippen LogP contribution in [0.4, 0.5) is 4.39 Å². The zero-order chi connectivity index (χ0) is 14.0. The van der Waals surface area contributed by atoms with E-state index in [4.69, 9.17) is 10.5 Å². The van der Waals surface area contributed by atoms with Gasteiger partial charge in [-0.2, -0.15) is 0 Å². The summed E-state index contributed by atoms with van der Waals surface area (Å²) in [6, 6.07) is 10.4. The molecule has 0 amide bonds. The van der Waals surface area contributed by atoms with Crippen LogP contribution in [-0.2, 0) is 0 Å². The third kappa shape index (κ3) is 3.33. The summed E-state index contributed by atoms with van der Waals surface area (Å²) in [4.78, 5) is 0. The smallest absolute Gasteiger partial charge is 0.141 e. The highest BCUT2D eigenvalue weighted by Crippen LogP contribution is 2.32. The Morgan fingerprint density at radius 2 is 1.95 bits per heavy atom. The van der Waals surface area contributed by atoms with Crippen molar-refractivity contribution in [3.8, 4) is 11.5 Å². The lowest BCUT2D eigenvalue weighted by Gasteiger charge is -2.11. The number of ether oxygens (including phenoxy) is 1. The molecule has 0 heterocycles. The first-order chi connectivity index (χ1) is 8.97. The molecule has 0 fully saturated rings. The van der Waals surface area contributed by atoms with Crippen molar-refractivity contribution >= 4 is 15.9 Å². The first kappa shape index (κ1) is 14.0. The van der Waals surface area contributed by atoms with Gasteiger partial charge in [0, 0.05) is 12.1 Å². The van der Waals surface area contributed by atoms with Crippen LogP contribution in [0.25, 0.3) is 0 Å². The maximum absolute atomic E-state index is 13.4. The van der Waals surface area contributed by atoms with Crippen molar-refractivity contribution in [2.45, 2.75) is 19.9 Å². The van der Waals surface area contributed by atoms with Crippen molar-refractivity contribution in [3.05, 3.63) is 57.8 Å². The molecule has 0 aliphatic carbocycles. The van der Waals surface area contributed by atoms with Gasteiger partial charge in [0.1, 0.15) is 17.3 Å². The molecule has 0 aromatic heterocycles. The van der Waals surface area contributed by atoms with E-state index in [9.17, 15) is 4.39 Å². The fraction of sp³-hybridized carbons (Fsp3) is 0.200. The number of hydrogen-bond donors (Lipinski definition) is 1. The van der Waals surface area contributed by atoms with Gasteiger partial charge in [-0.3, -0.25) is 0 Å². The molecule has 2 N–H and O–H groups in total. The molecule has 0 aliphatic heterocycles. The SMILES string of the molecule is Cc1ccc(Oc2ccc(C(C)N)cc2Br)cc1F. The molecule has 0 bridgehead atoms. The molecule has 0 radical (unpaired) electrons. The third-order valence-electron chi connectivity index (χ3n) is 2.85. The fourth-order valence-electron chi connectivity index (χ4n) is 1.65. The average Bonchev–Trinajstić information content (AvgIpc) is 2.36. The van der Waals surface area contributed by atoms with Gasteiger partial charge in [-0.05, 0) is 59.1 Å². The molecule has 0 aliphatic rings. The summed E-state index contributed by atoms with van der Waals surface area (Å²) >= 11 is 3.43. The predicted molar refractivity (Wildman–Crippen MR) is 78.0 cm³/mol. The van der Waals surface area contributed by atoms with E-state index < -0.39 is 0 Å². The largest absolute Gasteiger partial charge is 0.456 e. The van der Waals surface area contributed by atoms with Crippen molar-refractivity contribution < 1.29 is 9.13 Å². The van der Waals surface area contributed by atoms with Crippen molar-refractivity contribution in [3.63, 3.8) is 0 Å². The van der Waals surface area contributed by atoms with Crippen LogP contribution in [0.1, 0.15) is 24.1 Å². The van der Waals surface area contributed by atoms with Gasteiger partial charge in [0.2, 0.25) is 0 Å². The van der Waals surface area contributed by atoms with Gasteiger partial charge in [-0.25, -0.2) is 4.39 Å². The first-order valence-corrected chi connectivity index (χ1v) is 6.75. The van der Waals surface area contributed by atoms with Gasteiger partial charge >= 0.3 is 0 Å². The van der Waals surface area contributed by atoms with Crippen LogP contribution in [0, 0.1) is 12.7 Å².